The molecule has 1 fully saturated rings. The molecular weight excluding hydrogens is 399 g/mol. The number of rotatable bonds is 5. The molecule has 2 aromatic carbocycles. The quantitative estimate of drug-likeness (QED) is 0.687. The predicted molar refractivity (Wildman–Crippen MR) is 119 cm³/mol. The number of nitrogens with one attached hydrogen (secondary N) is 1. The predicted octanol–water partition coefficient (Wildman–Crippen LogP) is 5.45. The Hall–Kier alpha value is -1.91. The summed E-state index contributed by atoms with van der Waals surface area (Å²) in [7, 11) is 0. The second-order valence-corrected chi connectivity index (χ2v) is 9.19. The van der Waals surface area contributed by atoms with Crippen LogP contribution in [0.1, 0.15) is 60.9 Å². The summed E-state index contributed by atoms with van der Waals surface area (Å²) >= 11 is 5.84. The molecule has 0 unspecified atom stereocenters. The van der Waals surface area contributed by atoms with E-state index in [1.165, 1.54) is 42.0 Å². The van der Waals surface area contributed by atoms with Gasteiger partial charge in [-0.2, -0.15) is 0 Å². The van der Waals surface area contributed by atoms with E-state index < -0.39 is 0 Å². The Kier molecular flexibility index (Phi) is 6.74. The molecule has 1 aliphatic heterocycles. The molecule has 160 valence electrons. The van der Waals surface area contributed by atoms with Gasteiger partial charge in [0.2, 0.25) is 5.91 Å². The minimum Gasteiger partial charge on any atom is -0.349 e. The standard InChI is InChI=1S/C25H30ClFN2O/c1-17(20-7-6-18-4-2-3-5-21(18)14-20)28-25(30)19-10-12-29(13-11-19)16-22-8-9-23(26)15-24(22)27/h6-9,14-15,17,19H,2-5,10-13,16H2,1H3,(H,28,30)/t17-/m1/s1. The summed E-state index contributed by atoms with van der Waals surface area (Å²) in [6.07, 6.45) is 6.47. The lowest BCUT2D eigenvalue weighted by Crippen LogP contribution is -2.41. The molecular formula is C25H30ClFN2O. The van der Waals surface area contributed by atoms with Crippen molar-refractivity contribution >= 4 is 17.5 Å². The van der Waals surface area contributed by atoms with Gasteiger partial charge in [-0.1, -0.05) is 35.9 Å². The Morgan fingerprint density at radius 2 is 1.87 bits per heavy atom. The number of halogens is 2. The molecule has 0 aromatic heterocycles. The van der Waals surface area contributed by atoms with Crippen molar-refractivity contribution in [2.45, 2.75) is 58.0 Å². The molecule has 3 nitrogen and oxygen atoms in total. The van der Waals surface area contributed by atoms with Gasteiger partial charge in [0.15, 0.2) is 0 Å². The molecule has 2 aliphatic rings. The van der Waals surface area contributed by atoms with Crippen LogP contribution in [0.5, 0.6) is 0 Å². The third-order valence-corrected chi connectivity index (χ3v) is 6.83. The topological polar surface area (TPSA) is 32.3 Å². The van der Waals surface area contributed by atoms with Gasteiger partial charge in [0.25, 0.3) is 0 Å². The van der Waals surface area contributed by atoms with Crippen LogP contribution in [0.4, 0.5) is 4.39 Å². The van der Waals surface area contributed by atoms with Crippen LogP contribution in [-0.2, 0) is 24.2 Å². The molecule has 1 atom stereocenters. The Morgan fingerprint density at radius 1 is 1.13 bits per heavy atom. The molecule has 1 N–H and O–H groups in total. The van der Waals surface area contributed by atoms with E-state index in [0.717, 1.165) is 32.4 Å². The minimum absolute atomic E-state index is 0.0194. The molecule has 1 amide bonds. The highest BCUT2D eigenvalue weighted by atomic mass is 35.5. The average Bonchev–Trinajstić information content (AvgIpc) is 2.75. The van der Waals surface area contributed by atoms with E-state index in [2.05, 4.69) is 35.3 Å². The van der Waals surface area contributed by atoms with E-state index in [1.54, 1.807) is 12.1 Å². The number of amides is 1. The summed E-state index contributed by atoms with van der Waals surface area (Å²) in [5.41, 5.74) is 4.76. The van der Waals surface area contributed by atoms with E-state index in [1.807, 2.05) is 0 Å². The molecule has 0 radical (unpaired) electrons. The Balaban J connectivity index is 1.29. The maximum absolute atomic E-state index is 14.0. The number of piperidine rings is 1. The molecule has 1 heterocycles. The van der Waals surface area contributed by atoms with Crippen molar-refractivity contribution in [3.8, 4) is 0 Å². The van der Waals surface area contributed by atoms with E-state index in [-0.39, 0.29) is 23.7 Å². The van der Waals surface area contributed by atoms with Crippen molar-refractivity contribution in [3.05, 3.63) is 69.5 Å². The number of aryl methyl sites for hydroxylation is 2. The molecule has 2 aromatic rings. The highest BCUT2D eigenvalue weighted by Crippen LogP contribution is 2.26. The summed E-state index contributed by atoms with van der Waals surface area (Å²) in [5.74, 6) is -0.102. The van der Waals surface area contributed by atoms with Gasteiger partial charge in [0.1, 0.15) is 5.82 Å². The second kappa shape index (κ2) is 9.49. The Labute approximate surface area is 183 Å². The van der Waals surface area contributed by atoms with E-state index in [0.29, 0.717) is 17.1 Å². The molecule has 1 saturated heterocycles. The fourth-order valence-electron chi connectivity index (χ4n) is 4.68. The molecule has 0 spiro atoms. The van der Waals surface area contributed by atoms with E-state index in [9.17, 15) is 9.18 Å². The first-order valence-electron chi connectivity index (χ1n) is 11.1. The third kappa shape index (κ3) is 5.04. The van der Waals surface area contributed by atoms with Crippen LogP contribution in [0.15, 0.2) is 36.4 Å². The van der Waals surface area contributed by atoms with Gasteiger partial charge in [-0.3, -0.25) is 9.69 Å². The maximum Gasteiger partial charge on any atom is 0.223 e. The molecule has 0 saturated carbocycles. The van der Waals surface area contributed by atoms with Crippen molar-refractivity contribution in [3.63, 3.8) is 0 Å². The average molecular weight is 429 g/mol. The van der Waals surface area contributed by atoms with Gasteiger partial charge in [0.05, 0.1) is 6.04 Å². The summed E-state index contributed by atoms with van der Waals surface area (Å²) in [5, 5.41) is 3.64. The van der Waals surface area contributed by atoms with Crippen LogP contribution in [0.2, 0.25) is 5.02 Å². The Morgan fingerprint density at radius 3 is 2.60 bits per heavy atom. The summed E-state index contributed by atoms with van der Waals surface area (Å²) in [4.78, 5) is 15.0. The maximum atomic E-state index is 14.0. The van der Waals surface area contributed by atoms with Crippen LogP contribution in [-0.4, -0.2) is 23.9 Å². The van der Waals surface area contributed by atoms with Gasteiger partial charge >= 0.3 is 0 Å². The number of benzene rings is 2. The number of nitrogens with zero attached hydrogens (tertiary/aromatic N) is 1. The van der Waals surface area contributed by atoms with Gasteiger partial charge < -0.3 is 5.32 Å². The molecule has 30 heavy (non-hydrogen) atoms. The lowest BCUT2D eigenvalue weighted by atomic mass is 9.89. The first-order chi connectivity index (χ1) is 14.5. The van der Waals surface area contributed by atoms with Crippen LogP contribution in [0.3, 0.4) is 0 Å². The highest BCUT2D eigenvalue weighted by Gasteiger charge is 2.26. The molecule has 4 rings (SSSR count). The van der Waals surface area contributed by atoms with Crippen molar-refractivity contribution in [2.75, 3.05) is 13.1 Å². The van der Waals surface area contributed by atoms with Gasteiger partial charge in [-0.25, -0.2) is 4.39 Å². The molecule has 1 aliphatic carbocycles. The molecule has 0 bridgehead atoms. The first kappa shape index (κ1) is 21.3. The van der Waals surface area contributed by atoms with Crippen LogP contribution in [0, 0.1) is 11.7 Å². The summed E-state index contributed by atoms with van der Waals surface area (Å²) in [6.45, 7) is 4.23. The lowest BCUT2D eigenvalue weighted by Gasteiger charge is -2.32. The van der Waals surface area contributed by atoms with Crippen LogP contribution < -0.4 is 5.32 Å². The summed E-state index contributed by atoms with van der Waals surface area (Å²) < 4.78 is 14.0. The minimum atomic E-state index is -0.263. The van der Waals surface area contributed by atoms with E-state index >= 15 is 0 Å². The highest BCUT2D eigenvalue weighted by molar-refractivity contribution is 6.30. The smallest absolute Gasteiger partial charge is 0.223 e. The molecule has 5 heteroatoms. The Bertz CT molecular complexity index is 908. The fraction of sp³-hybridized carbons (Fsp3) is 0.480. The first-order valence-corrected chi connectivity index (χ1v) is 11.5. The SMILES string of the molecule is C[C@@H](NC(=O)C1CCN(Cc2ccc(Cl)cc2F)CC1)c1ccc2c(c1)CCCC2. The fourth-order valence-corrected chi connectivity index (χ4v) is 4.84. The van der Waals surface area contributed by atoms with Gasteiger partial charge in [-0.05, 0) is 87.4 Å². The lowest BCUT2D eigenvalue weighted by molar-refractivity contribution is -0.127. The number of likely N-dealkylation sites (tertiary alicyclic amines) is 1. The normalized spacial score (nSPS) is 18.6. The van der Waals surface area contributed by atoms with Gasteiger partial charge in [0, 0.05) is 23.0 Å². The van der Waals surface area contributed by atoms with Crippen LogP contribution >= 0.6 is 11.6 Å². The number of hydrogen-bond donors (Lipinski definition) is 1. The number of hydrogen-bond acceptors (Lipinski definition) is 2. The van der Waals surface area contributed by atoms with Crippen LogP contribution in [0.25, 0.3) is 0 Å². The monoisotopic (exact) mass is 428 g/mol. The van der Waals surface area contributed by atoms with Crippen molar-refractivity contribution < 1.29 is 9.18 Å². The largest absolute Gasteiger partial charge is 0.349 e. The summed E-state index contributed by atoms with van der Waals surface area (Å²) in [6, 6.07) is 11.5. The zero-order valence-electron chi connectivity index (χ0n) is 17.6. The zero-order chi connectivity index (χ0) is 21.1. The second-order valence-electron chi connectivity index (χ2n) is 8.75. The third-order valence-electron chi connectivity index (χ3n) is 6.60. The number of carbonyl (C=O) groups is 1. The van der Waals surface area contributed by atoms with Crippen molar-refractivity contribution in [1.29, 1.82) is 0 Å². The number of carbonyl (C=O) groups excluding carboxylic acids is 1. The number of fused-ring (bicyclic) bond motifs is 1. The van der Waals surface area contributed by atoms with E-state index in [4.69, 9.17) is 11.6 Å². The van der Waals surface area contributed by atoms with Gasteiger partial charge in [-0.15, -0.1) is 0 Å². The van der Waals surface area contributed by atoms with Crippen molar-refractivity contribution in [1.82, 2.24) is 10.2 Å². The zero-order valence-corrected chi connectivity index (χ0v) is 18.4. The van der Waals surface area contributed by atoms with Crippen molar-refractivity contribution in [2.24, 2.45) is 5.92 Å².